The highest BCUT2D eigenvalue weighted by molar-refractivity contribution is 7.08. The lowest BCUT2D eigenvalue weighted by Gasteiger charge is -2.24. The Bertz CT molecular complexity index is 593. The van der Waals surface area contributed by atoms with E-state index in [2.05, 4.69) is 33.2 Å². The van der Waals surface area contributed by atoms with Crippen LogP contribution in [0.25, 0.3) is 0 Å². The number of rotatable bonds is 3. The molecule has 2 aromatic rings. The molecule has 2 aromatic heterocycles. The molecule has 0 saturated carbocycles. The maximum Gasteiger partial charge on any atom is 0.228 e. The van der Waals surface area contributed by atoms with E-state index in [1.165, 1.54) is 5.56 Å². The van der Waals surface area contributed by atoms with Gasteiger partial charge in [-0.25, -0.2) is 0 Å². The fraction of sp³-hybridized carbons (Fsp3) is 0.400. The first-order valence-electron chi connectivity index (χ1n) is 6.92. The summed E-state index contributed by atoms with van der Waals surface area (Å²) in [6, 6.07) is 5.01. The fourth-order valence-electron chi connectivity index (χ4n) is 3.47. The molecule has 0 spiro atoms. The van der Waals surface area contributed by atoms with Crippen LogP contribution in [0.3, 0.4) is 0 Å². The molecule has 20 heavy (non-hydrogen) atoms. The Morgan fingerprint density at radius 2 is 2.00 bits per heavy atom. The summed E-state index contributed by atoms with van der Waals surface area (Å²) in [4.78, 5) is 16.9. The van der Waals surface area contributed by atoms with Crippen LogP contribution < -0.4 is 4.90 Å². The normalized spacial score (nSPS) is 26.4. The first-order valence-corrected chi connectivity index (χ1v) is 8.81. The third-order valence-electron chi connectivity index (χ3n) is 4.36. The van der Waals surface area contributed by atoms with Crippen LogP contribution in [0.15, 0.2) is 33.7 Å². The Morgan fingerprint density at radius 3 is 2.75 bits per heavy atom. The highest BCUT2D eigenvalue weighted by Gasteiger charge is 2.47. The van der Waals surface area contributed by atoms with Crippen molar-refractivity contribution in [1.29, 1.82) is 0 Å². The number of nitrogens with zero attached hydrogens (tertiary/aromatic N) is 2. The molecule has 1 amide bonds. The summed E-state index contributed by atoms with van der Waals surface area (Å²) < 4.78 is 0. The van der Waals surface area contributed by atoms with E-state index >= 15 is 0 Å². The number of hydrogen-bond donors (Lipinski definition) is 0. The maximum atomic E-state index is 12.3. The van der Waals surface area contributed by atoms with Gasteiger partial charge in [0.25, 0.3) is 0 Å². The minimum Gasteiger partial charge on any atom is -0.307 e. The standard InChI is InChI=1S/C15H16N2OS2/c18-15-7-14-13(17(15)12-3-6-20-10-12)1-4-16(14)8-11-2-5-19-9-11/h2-3,5-6,9-10,13-14H,1,4,7-8H2/t13-,14+/m0/s1. The Kier molecular flexibility index (Phi) is 3.13. The Balaban J connectivity index is 1.55. The summed E-state index contributed by atoms with van der Waals surface area (Å²) >= 11 is 3.41. The highest BCUT2D eigenvalue weighted by Crippen LogP contribution is 2.37. The molecule has 2 atom stereocenters. The van der Waals surface area contributed by atoms with E-state index < -0.39 is 0 Å². The number of carbonyl (C=O) groups excluding carboxylic acids is 1. The van der Waals surface area contributed by atoms with Crippen molar-refractivity contribution in [2.75, 3.05) is 11.4 Å². The zero-order valence-electron chi connectivity index (χ0n) is 11.1. The Hall–Kier alpha value is -1.17. The Morgan fingerprint density at radius 1 is 1.15 bits per heavy atom. The molecule has 0 bridgehead atoms. The average molecular weight is 304 g/mol. The van der Waals surface area contributed by atoms with Crippen LogP contribution in [0.4, 0.5) is 5.69 Å². The van der Waals surface area contributed by atoms with Crippen molar-refractivity contribution in [1.82, 2.24) is 4.90 Å². The van der Waals surface area contributed by atoms with Gasteiger partial charge in [0.15, 0.2) is 0 Å². The highest BCUT2D eigenvalue weighted by atomic mass is 32.1. The number of likely N-dealkylation sites (tertiary alicyclic amines) is 1. The second-order valence-corrected chi connectivity index (χ2v) is 7.03. The van der Waals surface area contributed by atoms with Gasteiger partial charge in [-0.3, -0.25) is 9.69 Å². The van der Waals surface area contributed by atoms with Crippen LogP contribution in [0.1, 0.15) is 18.4 Å². The van der Waals surface area contributed by atoms with Gasteiger partial charge >= 0.3 is 0 Å². The summed E-state index contributed by atoms with van der Waals surface area (Å²) in [5.74, 6) is 0.286. The summed E-state index contributed by atoms with van der Waals surface area (Å²) in [5, 5.41) is 8.47. The van der Waals surface area contributed by atoms with Gasteiger partial charge in [-0.2, -0.15) is 22.7 Å². The van der Waals surface area contributed by atoms with Crippen LogP contribution in [-0.2, 0) is 11.3 Å². The topological polar surface area (TPSA) is 23.6 Å². The SMILES string of the molecule is O=C1C[C@@H]2[C@H](CCN2Cc2ccsc2)N1c1ccsc1. The molecule has 0 unspecified atom stereocenters. The van der Waals surface area contributed by atoms with Gasteiger partial charge < -0.3 is 4.90 Å². The number of anilines is 1. The van der Waals surface area contributed by atoms with Crippen molar-refractivity contribution in [3.63, 3.8) is 0 Å². The molecule has 4 heterocycles. The lowest BCUT2D eigenvalue weighted by molar-refractivity contribution is -0.117. The van der Waals surface area contributed by atoms with E-state index in [4.69, 9.17) is 0 Å². The molecule has 2 aliphatic heterocycles. The van der Waals surface area contributed by atoms with Crippen LogP contribution in [0, 0.1) is 0 Å². The summed E-state index contributed by atoms with van der Waals surface area (Å²) in [6.45, 7) is 2.08. The zero-order chi connectivity index (χ0) is 13.5. The molecule has 2 fully saturated rings. The molecule has 2 saturated heterocycles. The number of thiophene rings is 2. The number of carbonyl (C=O) groups is 1. The van der Waals surface area contributed by atoms with Crippen molar-refractivity contribution in [3.8, 4) is 0 Å². The van der Waals surface area contributed by atoms with Gasteiger partial charge in [0.05, 0.1) is 11.7 Å². The number of hydrogen-bond acceptors (Lipinski definition) is 4. The summed E-state index contributed by atoms with van der Waals surface area (Å²) in [6.07, 6.45) is 1.76. The maximum absolute atomic E-state index is 12.3. The van der Waals surface area contributed by atoms with Crippen LogP contribution in [-0.4, -0.2) is 29.4 Å². The third kappa shape index (κ3) is 2.01. The van der Waals surface area contributed by atoms with Gasteiger partial charge in [0.2, 0.25) is 5.91 Å². The van der Waals surface area contributed by atoms with Gasteiger partial charge in [0.1, 0.15) is 0 Å². The molecule has 4 rings (SSSR count). The van der Waals surface area contributed by atoms with E-state index in [9.17, 15) is 4.79 Å². The first kappa shape index (κ1) is 12.6. The van der Waals surface area contributed by atoms with Crippen molar-refractivity contribution in [3.05, 3.63) is 39.2 Å². The first-order chi connectivity index (χ1) is 9.83. The van der Waals surface area contributed by atoms with E-state index in [1.807, 2.05) is 10.3 Å². The minimum absolute atomic E-state index is 0.286. The summed E-state index contributed by atoms with van der Waals surface area (Å²) in [5.41, 5.74) is 2.46. The predicted molar refractivity (Wildman–Crippen MR) is 83.3 cm³/mol. The van der Waals surface area contributed by atoms with Crippen molar-refractivity contribution in [2.45, 2.75) is 31.5 Å². The Labute approximate surface area is 126 Å². The largest absolute Gasteiger partial charge is 0.307 e. The quantitative estimate of drug-likeness (QED) is 0.869. The van der Waals surface area contributed by atoms with Crippen molar-refractivity contribution >= 4 is 34.3 Å². The second-order valence-electron chi connectivity index (χ2n) is 5.47. The van der Waals surface area contributed by atoms with Crippen molar-refractivity contribution < 1.29 is 4.79 Å². The predicted octanol–water partition coefficient (Wildman–Crippen LogP) is 3.19. The van der Waals surface area contributed by atoms with Gasteiger partial charge in [-0.05, 0) is 40.3 Å². The molecule has 0 aromatic carbocycles. The van der Waals surface area contributed by atoms with Gasteiger partial charge in [-0.1, -0.05) is 0 Å². The summed E-state index contributed by atoms with van der Waals surface area (Å²) in [7, 11) is 0. The third-order valence-corrected chi connectivity index (χ3v) is 5.76. The lowest BCUT2D eigenvalue weighted by Crippen LogP contribution is -2.36. The molecule has 5 heteroatoms. The van der Waals surface area contributed by atoms with Crippen LogP contribution >= 0.6 is 22.7 Å². The van der Waals surface area contributed by atoms with Gasteiger partial charge in [0, 0.05) is 30.9 Å². The van der Waals surface area contributed by atoms with E-state index in [1.54, 1.807) is 22.7 Å². The molecule has 0 aliphatic carbocycles. The number of fused-ring (bicyclic) bond motifs is 1. The molecule has 0 N–H and O–H groups in total. The van der Waals surface area contributed by atoms with E-state index in [0.717, 1.165) is 25.2 Å². The minimum atomic E-state index is 0.286. The molecule has 104 valence electrons. The van der Waals surface area contributed by atoms with Gasteiger partial charge in [-0.15, -0.1) is 0 Å². The second kappa shape index (κ2) is 4.98. The molecule has 0 radical (unpaired) electrons. The number of amides is 1. The van der Waals surface area contributed by atoms with Crippen molar-refractivity contribution in [2.24, 2.45) is 0 Å². The molecular formula is C15H16N2OS2. The van der Waals surface area contributed by atoms with E-state index in [-0.39, 0.29) is 5.91 Å². The smallest absolute Gasteiger partial charge is 0.228 e. The van der Waals surface area contributed by atoms with Crippen LogP contribution in [0.5, 0.6) is 0 Å². The fourth-order valence-corrected chi connectivity index (χ4v) is 4.76. The monoisotopic (exact) mass is 304 g/mol. The molecular weight excluding hydrogens is 288 g/mol. The lowest BCUT2D eigenvalue weighted by atomic mass is 10.1. The molecule has 2 aliphatic rings. The average Bonchev–Trinajstić information content (AvgIpc) is 3.16. The van der Waals surface area contributed by atoms with Crippen LogP contribution in [0.2, 0.25) is 0 Å². The van der Waals surface area contributed by atoms with E-state index in [0.29, 0.717) is 18.5 Å². The zero-order valence-corrected chi connectivity index (χ0v) is 12.7. The molecule has 3 nitrogen and oxygen atoms in total.